The molecule has 0 atom stereocenters. The predicted molar refractivity (Wildman–Crippen MR) is 95.0 cm³/mol. The standard InChI is InChI=1S/C17H12Cl2N2O3/c18-9-14(22)21-15-12-6-1-2-7-13(12)24-16(15)17(23)20-11-5-3-4-10(19)8-11/h1-8H,9H2,(H,20,23)(H,21,22). The molecule has 24 heavy (non-hydrogen) atoms. The quantitative estimate of drug-likeness (QED) is 0.670. The summed E-state index contributed by atoms with van der Waals surface area (Å²) in [6.45, 7) is 0. The highest BCUT2D eigenvalue weighted by molar-refractivity contribution is 6.31. The van der Waals surface area contributed by atoms with Crippen LogP contribution in [0.15, 0.2) is 52.9 Å². The van der Waals surface area contributed by atoms with Crippen molar-refractivity contribution in [2.75, 3.05) is 16.5 Å². The van der Waals surface area contributed by atoms with Gasteiger partial charge >= 0.3 is 0 Å². The van der Waals surface area contributed by atoms with Gasteiger partial charge in [0.05, 0.1) is 0 Å². The lowest BCUT2D eigenvalue weighted by Crippen LogP contribution is -2.17. The second-order valence-electron chi connectivity index (χ2n) is 4.95. The van der Waals surface area contributed by atoms with Crippen molar-refractivity contribution in [3.8, 4) is 0 Å². The van der Waals surface area contributed by atoms with E-state index in [2.05, 4.69) is 10.6 Å². The fourth-order valence-corrected chi connectivity index (χ4v) is 2.51. The summed E-state index contributed by atoms with van der Waals surface area (Å²) in [6.07, 6.45) is 0. The van der Waals surface area contributed by atoms with Gasteiger partial charge in [0.25, 0.3) is 5.91 Å². The highest BCUT2D eigenvalue weighted by atomic mass is 35.5. The molecule has 1 heterocycles. The van der Waals surface area contributed by atoms with Gasteiger partial charge in [-0.1, -0.05) is 29.8 Å². The number of nitrogens with one attached hydrogen (secondary N) is 2. The van der Waals surface area contributed by atoms with Crippen LogP contribution in [-0.4, -0.2) is 17.7 Å². The van der Waals surface area contributed by atoms with Gasteiger partial charge in [0.1, 0.15) is 17.2 Å². The molecule has 3 rings (SSSR count). The van der Waals surface area contributed by atoms with E-state index in [0.717, 1.165) is 0 Å². The van der Waals surface area contributed by atoms with Crippen LogP contribution >= 0.6 is 23.2 Å². The van der Waals surface area contributed by atoms with Crippen LogP contribution in [0.2, 0.25) is 5.02 Å². The molecule has 0 saturated heterocycles. The minimum absolute atomic E-state index is 0.00496. The van der Waals surface area contributed by atoms with E-state index in [1.165, 1.54) is 0 Å². The number of furan rings is 1. The van der Waals surface area contributed by atoms with E-state index in [1.54, 1.807) is 48.5 Å². The van der Waals surface area contributed by atoms with E-state index in [1.807, 2.05) is 0 Å². The molecule has 2 amide bonds. The summed E-state index contributed by atoms with van der Waals surface area (Å²) >= 11 is 11.5. The van der Waals surface area contributed by atoms with E-state index in [-0.39, 0.29) is 17.3 Å². The third-order valence-corrected chi connectivity index (χ3v) is 3.75. The zero-order valence-electron chi connectivity index (χ0n) is 12.3. The molecule has 2 N–H and O–H groups in total. The van der Waals surface area contributed by atoms with Crippen molar-refractivity contribution in [3.05, 3.63) is 59.3 Å². The smallest absolute Gasteiger partial charge is 0.293 e. The Labute approximate surface area is 147 Å². The average Bonchev–Trinajstić information content (AvgIpc) is 2.93. The fraction of sp³-hybridized carbons (Fsp3) is 0.0588. The van der Waals surface area contributed by atoms with Crippen molar-refractivity contribution in [3.63, 3.8) is 0 Å². The molecule has 0 saturated carbocycles. The predicted octanol–water partition coefficient (Wildman–Crippen LogP) is 4.52. The molecule has 122 valence electrons. The average molecular weight is 363 g/mol. The van der Waals surface area contributed by atoms with Crippen molar-refractivity contribution >= 4 is 57.4 Å². The Kier molecular flexibility index (Phi) is 4.74. The number of halogens is 2. The van der Waals surface area contributed by atoms with Crippen LogP contribution < -0.4 is 10.6 Å². The number of benzene rings is 2. The van der Waals surface area contributed by atoms with E-state index >= 15 is 0 Å². The summed E-state index contributed by atoms with van der Waals surface area (Å²) in [4.78, 5) is 24.2. The maximum absolute atomic E-state index is 12.6. The number of anilines is 2. The maximum atomic E-state index is 12.6. The van der Waals surface area contributed by atoms with Gasteiger partial charge in [-0.15, -0.1) is 11.6 Å². The first kappa shape index (κ1) is 16.4. The van der Waals surface area contributed by atoms with Crippen molar-refractivity contribution in [2.24, 2.45) is 0 Å². The lowest BCUT2D eigenvalue weighted by molar-refractivity contribution is -0.113. The summed E-state index contributed by atoms with van der Waals surface area (Å²) in [5.74, 6) is -1.16. The number of hydrogen-bond donors (Lipinski definition) is 2. The highest BCUT2D eigenvalue weighted by Crippen LogP contribution is 2.31. The van der Waals surface area contributed by atoms with Crippen LogP contribution in [0.3, 0.4) is 0 Å². The van der Waals surface area contributed by atoms with Crippen LogP contribution in [0.1, 0.15) is 10.6 Å². The summed E-state index contributed by atoms with van der Waals surface area (Å²) < 4.78 is 5.61. The highest BCUT2D eigenvalue weighted by Gasteiger charge is 2.22. The molecule has 0 bridgehead atoms. The monoisotopic (exact) mass is 362 g/mol. The number of fused-ring (bicyclic) bond motifs is 1. The lowest BCUT2D eigenvalue weighted by Gasteiger charge is -2.06. The van der Waals surface area contributed by atoms with Crippen molar-refractivity contribution in [2.45, 2.75) is 0 Å². The molecule has 1 aromatic heterocycles. The molecule has 0 radical (unpaired) electrons. The van der Waals surface area contributed by atoms with Gasteiger partial charge in [-0.25, -0.2) is 0 Å². The van der Waals surface area contributed by atoms with Crippen LogP contribution in [0, 0.1) is 0 Å². The molecule has 0 aliphatic carbocycles. The Hall–Kier alpha value is -2.50. The van der Waals surface area contributed by atoms with Gasteiger partial charge in [-0.3, -0.25) is 9.59 Å². The zero-order chi connectivity index (χ0) is 17.1. The molecule has 2 aromatic carbocycles. The minimum Gasteiger partial charge on any atom is -0.449 e. The fourth-order valence-electron chi connectivity index (χ4n) is 2.26. The van der Waals surface area contributed by atoms with Crippen LogP contribution in [0.5, 0.6) is 0 Å². The third kappa shape index (κ3) is 3.37. The molecule has 0 aliphatic heterocycles. The first-order valence-corrected chi connectivity index (χ1v) is 7.94. The Morgan fingerprint density at radius 3 is 2.58 bits per heavy atom. The van der Waals surface area contributed by atoms with Crippen molar-refractivity contribution < 1.29 is 14.0 Å². The normalized spacial score (nSPS) is 10.6. The molecule has 0 spiro atoms. The molecule has 0 fully saturated rings. The van der Waals surface area contributed by atoms with Gasteiger partial charge in [0, 0.05) is 16.1 Å². The Morgan fingerprint density at radius 2 is 1.83 bits per heavy atom. The van der Waals surface area contributed by atoms with Gasteiger partial charge in [-0.2, -0.15) is 0 Å². The summed E-state index contributed by atoms with van der Waals surface area (Å²) in [7, 11) is 0. The van der Waals surface area contributed by atoms with Gasteiger partial charge in [0.2, 0.25) is 11.7 Å². The van der Waals surface area contributed by atoms with E-state index in [4.69, 9.17) is 27.6 Å². The molecule has 7 heteroatoms. The second-order valence-corrected chi connectivity index (χ2v) is 5.65. The molecular weight excluding hydrogens is 351 g/mol. The number of carbonyl (C=O) groups excluding carboxylic acids is 2. The first-order valence-electron chi connectivity index (χ1n) is 7.03. The molecule has 5 nitrogen and oxygen atoms in total. The van der Waals surface area contributed by atoms with Crippen molar-refractivity contribution in [1.82, 2.24) is 0 Å². The summed E-state index contributed by atoms with van der Waals surface area (Å²) in [5.41, 5.74) is 1.29. The van der Waals surface area contributed by atoms with Crippen LogP contribution in [-0.2, 0) is 4.79 Å². The van der Waals surface area contributed by atoms with Gasteiger partial charge in [0.15, 0.2) is 0 Å². The number of alkyl halides is 1. The van der Waals surface area contributed by atoms with Crippen LogP contribution in [0.4, 0.5) is 11.4 Å². The van der Waals surface area contributed by atoms with Crippen molar-refractivity contribution in [1.29, 1.82) is 0 Å². The Morgan fingerprint density at radius 1 is 1.04 bits per heavy atom. The number of carbonyl (C=O) groups is 2. The lowest BCUT2D eigenvalue weighted by atomic mass is 10.2. The molecule has 0 unspecified atom stereocenters. The van der Waals surface area contributed by atoms with Crippen LogP contribution in [0.25, 0.3) is 11.0 Å². The van der Waals surface area contributed by atoms with Gasteiger partial charge < -0.3 is 15.1 Å². The second kappa shape index (κ2) is 6.95. The minimum atomic E-state index is -0.502. The van der Waals surface area contributed by atoms with E-state index in [9.17, 15) is 9.59 Å². The van der Waals surface area contributed by atoms with Gasteiger partial charge in [-0.05, 0) is 30.3 Å². The number of hydrogen-bond acceptors (Lipinski definition) is 3. The first-order chi connectivity index (χ1) is 11.6. The molecular formula is C17H12Cl2N2O3. The number of para-hydroxylation sites is 1. The number of amides is 2. The molecule has 3 aromatic rings. The SMILES string of the molecule is O=C(CCl)Nc1c(C(=O)Nc2cccc(Cl)c2)oc2ccccc12. The third-order valence-electron chi connectivity index (χ3n) is 3.27. The zero-order valence-corrected chi connectivity index (χ0v) is 13.8. The summed E-state index contributed by atoms with van der Waals surface area (Å²) in [5, 5.41) is 6.41. The molecule has 0 aliphatic rings. The maximum Gasteiger partial charge on any atom is 0.293 e. The largest absolute Gasteiger partial charge is 0.449 e. The Bertz CT molecular complexity index is 921. The topological polar surface area (TPSA) is 71.3 Å². The number of rotatable bonds is 4. The Balaban J connectivity index is 1.99. The van der Waals surface area contributed by atoms with E-state index in [0.29, 0.717) is 21.7 Å². The summed E-state index contributed by atoms with van der Waals surface area (Å²) in [6, 6.07) is 13.7. The van der Waals surface area contributed by atoms with E-state index < -0.39 is 11.8 Å².